The van der Waals surface area contributed by atoms with Crippen molar-refractivity contribution in [1.29, 1.82) is 0 Å². The Morgan fingerprint density at radius 1 is 1.27 bits per heavy atom. The second kappa shape index (κ2) is 5.52. The normalized spacial score (nSPS) is 21.5. The van der Waals surface area contributed by atoms with E-state index >= 15 is 0 Å². The molecule has 0 amide bonds. The predicted molar refractivity (Wildman–Crippen MR) is 47.6 cm³/mol. The zero-order valence-corrected chi connectivity index (χ0v) is 7.18. The first kappa shape index (κ1) is 8.97. The van der Waals surface area contributed by atoms with E-state index in [0.717, 1.165) is 19.5 Å². The van der Waals surface area contributed by atoms with Crippen LogP contribution in [0.2, 0.25) is 0 Å². The van der Waals surface area contributed by atoms with Crippen LogP contribution in [0.5, 0.6) is 0 Å². The smallest absolute Gasteiger partial charge is 0.0107 e. The molecule has 0 aromatic rings. The first-order valence-electron chi connectivity index (χ1n) is 4.56. The largest absolute Gasteiger partial charge is 0.330 e. The maximum absolute atomic E-state index is 5.44. The van der Waals surface area contributed by atoms with Gasteiger partial charge in [0.2, 0.25) is 0 Å². The van der Waals surface area contributed by atoms with Gasteiger partial charge in [0.15, 0.2) is 0 Å². The van der Waals surface area contributed by atoms with E-state index in [2.05, 4.69) is 10.2 Å². The Balaban J connectivity index is 2.09. The van der Waals surface area contributed by atoms with Crippen molar-refractivity contribution in [2.75, 3.05) is 39.3 Å². The minimum absolute atomic E-state index is 0.823. The summed E-state index contributed by atoms with van der Waals surface area (Å²) in [7, 11) is 0. The van der Waals surface area contributed by atoms with Gasteiger partial charge in [-0.15, -0.1) is 0 Å². The summed E-state index contributed by atoms with van der Waals surface area (Å²) in [5.74, 6) is 0. The zero-order valence-electron chi connectivity index (χ0n) is 7.18. The standard InChI is InChI=1S/C8H19N3/c9-3-1-6-11-7-2-4-10-5-8-11/h10H,1-9H2. The molecule has 0 aliphatic carbocycles. The highest BCUT2D eigenvalue weighted by atomic mass is 15.1. The number of rotatable bonds is 3. The second-order valence-corrected chi connectivity index (χ2v) is 3.09. The van der Waals surface area contributed by atoms with E-state index in [-0.39, 0.29) is 0 Å². The lowest BCUT2D eigenvalue weighted by molar-refractivity contribution is 0.290. The molecule has 1 saturated heterocycles. The highest BCUT2D eigenvalue weighted by molar-refractivity contribution is 4.65. The van der Waals surface area contributed by atoms with E-state index in [1.807, 2.05) is 0 Å². The molecule has 0 bridgehead atoms. The Kier molecular flexibility index (Phi) is 4.50. The molecule has 0 spiro atoms. The average molecular weight is 157 g/mol. The number of hydrogen-bond donors (Lipinski definition) is 2. The molecule has 1 aliphatic heterocycles. The van der Waals surface area contributed by atoms with Gasteiger partial charge in [0.05, 0.1) is 0 Å². The van der Waals surface area contributed by atoms with E-state index < -0.39 is 0 Å². The summed E-state index contributed by atoms with van der Waals surface area (Å²) >= 11 is 0. The van der Waals surface area contributed by atoms with Crippen LogP contribution in [0, 0.1) is 0 Å². The molecule has 0 atom stereocenters. The summed E-state index contributed by atoms with van der Waals surface area (Å²) in [4.78, 5) is 2.49. The Morgan fingerprint density at radius 3 is 3.00 bits per heavy atom. The molecular weight excluding hydrogens is 138 g/mol. The lowest BCUT2D eigenvalue weighted by Gasteiger charge is -2.18. The maximum Gasteiger partial charge on any atom is 0.0107 e. The first-order valence-corrected chi connectivity index (χ1v) is 4.56. The van der Waals surface area contributed by atoms with Crippen molar-refractivity contribution in [3.05, 3.63) is 0 Å². The molecule has 3 heteroatoms. The van der Waals surface area contributed by atoms with Gasteiger partial charge in [-0.25, -0.2) is 0 Å². The minimum atomic E-state index is 0.823. The van der Waals surface area contributed by atoms with Crippen molar-refractivity contribution in [3.8, 4) is 0 Å². The van der Waals surface area contributed by atoms with E-state index in [4.69, 9.17) is 5.73 Å². The zero-order chi connectivity index (χ0) is 7.94. The molecule has 3 nitrogen and oxygen atoms in total. The van der Waals surface area contributed by atoms with Crippen LogP contribution in [0.1, 0.15) is 12.8 Å². The monoisotopic (exact) mass is 157 g/mol. The number of hydrogen-bond acceptors (Lipinski definition) is 3. The van der Waals surface area contributed by atoms with E-state index in [0.29, 0.717) is 0 Å². The molecule has 0 aromatic carbocycles. The number of nitrogens with two attached hydrogens (primary N) is 1. The van der Waals surface area contributed by atoms with Gasteiger partial charge in [0, 0.05) is 13.1 Å². The van der Waals surface area contributed by atoms with E-state index in [1.165, 1.54) is 32.6 Å². The fourth-order valence-electron chi connectivity index (χ4n) is 1.44. The van der Waals surface area contributed by atoms with Gasteiger partial charge in [-0.2, -0.15) is 0 Å². The molecule has 0 radical (unpaired) electrons. The maximum atomic E-state index is 5.44. The highest BCUT2D eigenvalue weighted by Gasteiger charge is 2.06. The van der Waals surface area contributed by atoms with Gasteiger partial charge in [-0.1, -0.05) is 0 Å². The van der Waals surface area contributed by atoms with Crippen molar-refractivity contribution < 1.29 is 0 Å². The molecule has 3 N–H and O–H groups in total. The third kappa shape index (κ3) is 3.70. The highest BCUT2D eigenvalue weighted by Crippen LogP contribution is 1.95. The summed E-state index contributed by atoms with van der Waals surface area (Å²) < 4.78 is 0. The van der Waals surface area contributed by atoms with E-state index in [1.54, 1.807) is 0 Å². The van der Waals surface area contributed by atoms with Gasteiger partial charge in [0.1, 0.15) is 0 Å². The van der Waals surface area contributed by atoms with Gasteiger partial charge >= 0.3 is 0 Å². The number of nitrogens with one attached hydrogen (secondary N) is 1. The van der Waals surface area contributed by atoms with Crippen molar-refractivity contribution in [3.63, 3.8) is 0 Å². The van der Waals surface area contributed by atoms with Crippen LogP contribution >= 0.6 is 0 Å². The summed E-state index contributed by atoms with van der Waals surface area (Å²) in [5, 5.41) is 3.38. The molecule has 1 fully saturated rings. The Hall–Kier alpha value is -0.120. The average Bonchev–Trinajstić information content (AvgIpc) is 2.28. The lowest BCUT2D eigenvalue weighted by atomic mass is 10.3. The summed E-state index contributed by atoms with van der Waals surface area (Å²) in [5.41, 5.74) is 5.44. The number of nitrogens with zero attached hydrogens (tertiary/aromatic N) is 1. The molecule has 0 unspecified atom stereocenters. The van der Waals surface area contributed by atoms with Gasteiger partial charge in [-0.05, 0) is 39.0 Å². The fraction of sp³-hybridized carbons (Fsp3) is 1.00. The quantitative estimate of drug-likeness (QED) is 0.587. The van der Waals surface area contributed by atoms with Crippen molar-refractivity contribution in [2.45, 2.75) is 12.8 Å². The van der Waals surface area contributed by atoms with Gasteiger partial charge < -0.3 is 16.0 Å². The van der Waals surface area contributed by atoms with Crippen molar-refractivity contribution in [1.82, 2.24) is 10.2 Å². The van der Waals surface area contributed by atoms with Crippen molar-refractivity contribution in [2.24, 2.45) is 5.73 Å². The summed E-state index contributed by atoms with van der Waals surface area (Å²) in [6, 6.07) is 0. The molecule has 1 aliphatic rings. The lowest BCUT2D eigenvalue weighted by Crippen LogP contribution is -2.30. The summed E-state index contributed by atoms with van der Waals surface area (Å²) in [6.07, 6.45) is 2.42. The topological polar surface area (TPSA) is 41.3 Å². The molecule has 11 heavy (non-hydrogen) atoms. The van der Waals surface area contributed by atoms with Gasteiger partial charge in [0.25, 0.3) is 0 Å². The van der Waals surface area contributed by atoms with Crippen LogP contribution in [-0.4, -0.2) is 44.2 Å². The Morgan fingerprint density at radius 2 is 2.18 bits per heavy atom. The molecular formula is C8H19N3. The fourth-order valence-corrected chi connectivity index (χ4v) is 1.44. The van der Waals surface area contributed by atoms with Crippen molar-refractivity contribution >= 4 is 0 Å². The Labute approximate surface area is 68.9 Å². The third-order valence-electron chi connectivity index (χ3n) is 2.11. The second-order valence-electron chi connectivity index (χ2n) is 3.09. The molecule has 1 rings (SSSR count). The first-order chi connectivity index (χ1) is 5.43. The summed E-state index contributed by atoms with van der Waals surface area (Å²) in [6.45, 7) is 6.76. The van der Waals surface area contributed by atoms with Crippen LogP contribution in [0.15, 0.2) is 0 Å². The van der Waals surface area contributed by atoms with Crippen LogP contribution in [0.25, 0.3) is 0 Å². The Bertz CT molecular complexity index is 87.3. The molecule has 0 aromatic heterocycles. The molecule has 66 valence electrons. The predicted octanol–water partition coefficient (Wildman–Crippen LogP) is -0.369. The van der Waals surface area contributed by atoms with Crippen LogP contribution in [0.3, 0.4) is 0 Å². The van der Waals surface area contributed by atoms with E-state index in [9.17, 15) is 0 Å². The van der Waals surface area contributed by atoms with Crippen LogP contribution in [-0.2, 0) is 0 Å². The third-order valence-corrected chi connectivity index (χ3v) is 2.11. The molecule has 0 saturated carbocycles. The van der Waals surface area contributed by atoms with Gasteiger partial charge in [-0.3, -0.25) is 0 Å². The SMILES string of the molecule is NCCCN1CCCNCC1. The molecule has 1 heterocycles. The van der Waals surface area contributed by atoms with Crippen LogP contribution < -0.4 is 11.1 Å². The minimum Gasteiger partial charge on any atom is -0.330 e. The van der Waals surface area contributed by atoms with Crippen LogP contribution in [0.4, 0.5) is 0 Å².